The van der Waals surface area contributed by atoms with Gasteiger partial charge in [-0.3, -0.25) is 4.79 Å². The largest absolute Gasteiger partial charge is 0.444 e. The van der Waals surface area contributed by atoms with Gasteiger partial charge in [-0.1, -0.05) is 6.42 Å². The zero-order valence-electron chi connectivity index (χ0n) is 14.0. The number of alkyl carbamates (subject to hydrolysis) is 1. The first kappa shape index (κ1) is 17.1. The molecule has 0 bridgehead atoms. The molecule has 2 fully saturated rings. The zero-order chi connectivity index (χ0) is 16.2. The fraction of sp³-hybridized carbons (Fsp3) is 0.875. The number of nitrogens with zero attached hydrogens (tertiary/aromatic N) is 1. The Labute approximate surface area is 132 Å². The number of likely N-dealkylation sites (tertiary alicyclic amines) is 1. The average molecular weight is 311 g/mol. The van der Waals surface area contributed by atoms with E-state index in [0.717, 1.165) is 38.6 Å². The van der Waals surface area contributed by atoms with Gasteiger partial charge >= 0.3 is 6.09 Å². The molecule has 2 aliphatic heterocycles. The lowest BCUT2D eigenvalue weighted by atomic mass is 10.0. The topological polar surface area (TPSA) is 70.7 Å². The van der Waals surface area contributed by atoms with Gasteiger partial charge in [0.15, 0.2) is 0 Å². The number of rotatable bonds is 2. The molecular weight excluding hydrogens is 282 g/mol. The zero-order valence-corrected chi connectivity index (χ0v) is 14.0. The minimum Gasteiger partial charge on any atom is -0.444 e. The van der Waals surface area contributed by atoms with Gasteiger partial charge in [0.2, 0.25) is 5.91 Å². The first-order valence-corrected chi connectivity index (χ1v) is 8.37. The molecule has 0 radical (unpaired) electrons. The monoisotopic (exact) mass is 311 g/mol. The van der Waals surface area contributed by atoms with Crippen LogP contribution in [0.1, 0.15) is 52.9 Å². The predicted molar refractivity (Wildman–Crippen MR) is 84.6 cm³/mol. The lowest BCUT2D eigenvalue weighted by Crippen LogP contribution is -2.53. The highest BCUT2D eigenvalue weighted by Crippen LogP contribution is 2.16. The van der Waals surface area contributed by atoms with Gasteiger partial charge in [0, 0.05) is 19.1 Å². The van der Waals surface area contributed by atoms with E-state index in [2.05, 4.69) is 10.6 Å². The predicted octanol–water partition coefficient (Wildman–Crippen LogP) is 1.64. The second kappa shape index (κ2) is 7.31. The third-order valence-corrected chi connectivity index (χ3v) is 4.14. The van der Waals surface area contributed by atoms with Crippen molar-refractivity contribution in [1.82, 2.24) is 15.5 Å². The van der Waals surface area contributed by atoms with E-state index in [1.807, 2.05) is 25.7 Å². The standard InChI is InChI=1S/C16H29N3O3/c1-16(2,3)22-15(21)18-12-7-10-19(11-8-12)14(20)13-6-4-5-9-17-13/h12-13,17H,4-11H2,1-3H3,(H,18,21)/t13-/m1/s1. The maximum absolute atomic E-state index is 12.4. The molecule has 0 saturated carbocycles. The Morgan fingerprint density at radius 1 is 1.14 bits per heavy atom. The van der Waals surface area contributed by atoms with Crippen molar-refractivity contribution >= 4 is 12.0 Å². The summed E-state index contributed by atoms with van der Waals surface area (Å²) >= 11 is 0. The van der Waals surface area contributed by atoms with Gasteiger partial charge in [-0.25, -0.2) is 4.79 Å². The minimum absolute atomic E-state index is 0.0101. The molecule has 0 aliphatic carbocycles. The lowest BCUT2D eigenvalue weighted by molar-refractivity contribution is -0.135. The molecule has 0 aromatic carbocycles. The van der Waals surface area contributed by atoms with Gasteiger partial charge in [0.05, 0.1) is 6.04 Å². The quantitative estimate of drug-likeness (QED) is 0.813. The minimum atomic E-state index is -0.479. The van der Waals surface area contributed by atoms with Crippen LogP contribution in [0.3, 0.4) is 0 Å². The Kier molecular flexibility index (Phi) is 5.67. The van der Waals surface area contributed by atoms with E-state index in [1.54, 1.807) is 0 Å². The Morgan fingerprint density at radius 2 is 1.82 bits per heavy atom. The molecule has 2 rings (SSSR count). The van der Waals surface area contributed by atoms with Crippen molar-refractivity contribution in [2.75, 3.05) is 19.6 Å². The van der Waals surface area contributed by atoms with Crippen molar-refractivity contribution in [3.63, 3.8) is 0 Å². The highest BCUT2D eigenvalue weighted by atomic mass is 16.6. The number of hydrogen-bond donors (Lipinski definition) is 2. The van der Waals surface area contributed by atoms with E-state index in [9.17, 15) is 9.59 Å². The molecule has 2 heterocycles. The Hall–Kier alpha value is -1.30. The van der Waals surface area contributed by atoms with E-state index >= 15 is 0 Å². The molecule has 6 nitrogen and oxygen atoms in total. The fourth-order valence-electron chi connectivity index (χ4n) is 3.00. The smallest absolute Gasteiger partial charge is 0.407 e. The highest BCUT2D eigenvalue weighted by Gasteiger charge is 2.30. The molecule has 2 saturated heterocycles. The summed E-state index contributed by atoms with van der Waals surface area (Å²) in [4.78, 5) is 26.1. The van der Waals surface area contributed by atoms with E-state index in [4.69, 9.17) is 4.74 Å². The van der Waals surface area contributed by atoms with Crippen LogP contribution in [0.4, 0.5) is 4.79 Å². The summed E-state index contributed by atoms with van der Waals surface area (Å²) in [6.45, 7) is 7.91. The number of carbonyl (C=O) groups is 2. The van der Waals surface area contributed by atoms with Crippen molar-refractivity contribution in [3.05, 3.63) is 0 Å². The average Bonchev–Trinajstić information content (AvgIpc) is 2.46. The van der Waals surface area contributed by atoms with Crippen LogP contribution in [0, 0.1) is 0 Å². The van der Waals surface area contributed by atoms with E-state index in [-0.39, 0.29) is 24.1 Å². The van der Waals surface area contributed by atoms with Crippen molar-refractivity contribution in [2.45, 2.75) is 70.6 Å². The van der Waals surface area contributed by atoms with Gasteiger partial charge in [0.1, 0.15) is 5.60 Å². The summed E-state index contributed by atoms with van der Waals surface area (Å²) in [5.74, 6) is 0.218. The third kappa shape index (κ3) is 5.16. The fourth-order valence-corrected chi connectivity index (χ4v) is 3.00. The first-order valence-electron chi connectivity index (χ1n) is 8.37. The second-order valence-corrected chi connectivity index (χ2v) is 7.25. The number of hydrogen-bond acceptors (Lipinski definition) is 4. The normalized spacial score (nSPS) is 24.0. The molecule has 0 aromatic heterocycles. The summed E-state index contributed by atoms with van der Waals surface area (Å²) in [6.07, 6.45) is 4.43. The van der Waals surface area contributed by atoms with Gasteiger partial charge in [-0.05, 0) is 53.0 Å². The molecule has 126 valence electrons. The van der Waals surface area contributed by atoms with Crippen LogP contribution in [0.25, 0.3) is 0 Å². The maximum atomic E-state index is 12.4. The number of ether oxygens (including phenoxy) is 1. The summed E-state index contributed by atoms with van der Waals surface area (Å²) < 4.78 is 5.27. The van der Waals surface area contributed by atoms with Crippen LogP contribution >= 0.6 is 0 Å². The van der Waals surface area contributed by atoms with Gasteiger partial charge in [-0.2, -0.15) is 0 Å². The Bertz CT molecular complexity index is 392. The van der Waals surface area contributed by atoms with Crippen LogP contribution in [0.5, 0.6) is 0 Å². The van der Waals surface area contributed by atoms with Crippen molar-refractivity contribution in [2.24, 2.45) is 0 Å². The first-order chi connectivity index (χ1) is 10.3. The van der Waals surface area contributed by atoms with Gasteiger partial charge in [0.25, 0.3) is 0 Å². The molecular formula is C16H29N3O3. The summed E-state index contributed by atoms with van der Waals surface area (Å²) in [5, 5.41) is 6.20. The summed E-state index contributed by atoms with van der Waals surface area (Å²) in [5.41, 5.74) is -0.479. The summed E-state index contributed by atoms with van der Waals surface area (Å²) in [6, 6.07) is 0.0855. The van der Waals surface area contributed by atoms with Crippen LogP contribution in [-0.4, -0.2) is 54.2 Å². The molecule has 0 spiro atoms. The number of amides is 2. The number of carbonyl (C=O) groups excluding carboxylic acids is 2. The molecule has 0 unspecified atom stereocenters. The maximum Gasteiger partial charge on any atom is 0.407 e. The van der Waals surface area contributed by atoms with E-state index in [1.165, 1.54) is 0 Å². The van der Waals surface area contributed by atoms with Crippen molar-refractivity contribution in [3.8, 4) is 0 Å². The van der Waals surface area contributed by atoms with E-state index < -0.39 is 5.60 Å². The second-order valence-electron chi connectivity index (χ2n) is 7.25. The number of nitrogens with one attached hydrogen (secondary N) is 2. The molecule has 2 N–H and O–H groups in total. The molecule has 0 aromatic rings. The van der Waals surface area contributed by atoms with Gasteiger partial charge in [-0.15, -0.1) is 0 Å². The van der Waals surface area contributed by atoms with Crippen molar-refractivity contribution in [1.29, 1.82) is 0 Å². The summed E-state index contributed by atoms with van der Waals surface area (Å²) in [7, 11) is 0. The molecule has 2 aliphatic rings. The SMILES string of the molecule is CC(C)(C)OC(=O)NC1CCN(C(=O)[C@H]2CCCCN2)CC1. The van der Waals surface area contributed by atoms with Crippen LogP contribution in [0.2, 0.25) is 0 Å². The third-order valence-electron chi connectivity index (χ3n) is 4.14. The Balaban J connectivity index is 1.73. The molecule has 2 amide bonds. The molecule has 1 atom stereocenters. The van der Waals surface area contributed by atoms with Crippen LogP contribution in [-0.2, 0) is 9.53 Å². The molecule has 22 heavy (non-hydrogen) atoms. The van der Waals surface area contributed by atoms with Crippen LogP contribution < -0.4 is 10.6 Å². The molecule has 6 heteroatoms. The Morgan fingerprint density at radius 3 is 2.36 bits per heavy atom. The number of piperidine rings is 2. The van der Waals surface area contributed by atoms with Crippen LogP contribution in [0.15, 0.2) is 0 Å². The van der Waals surface area contributed by atoms with Gasteiger partial charge < -0.3 is 20.3 Å². The van der Waals surface area contributed by atoms with Crippen molar-refractivity contribution < 1.29 is 14.3 Å². The highest BCUT2D eigenvalue weighted by molar-refractivity contribution is 5.82. The van der Waals surface area contributed by atoms with E-state index in [0.29, 0.717) is 13.1 Å². The lowest BCUT2D eigenvalue weighted by Gasteiger charge is -2.35.